The Morgan fingerprint density at radius 2 is 1.88 bits per heavy atom. The Hall–Kier alpha value is -1.92. The number of rotatable bonds is 4. The first kappa shape index (κ1) is 17.5. The van der Waals surface area contributed by atoms with Gasteiger partial charge in [0.2, 0.25) is 11.8 Å². The molecule has 0 bridgehead atoms. The molecule has 0 saturated carbocycles. The first-order chi connectivity index (χ1) is 12.7. The number of ether oxygens (including phenoxy) is 1. The standard InChI is InChI=1S/C20H27N3O3/c24-19-13-16(14-23(19)17-5-2-1-3-6-17)20(25)22-10-8-21(9-11-22)15-18-7-4-12-26-18/h1-3,5-6,16,18H,4,7-15H2. The Morgan fingerprint density at radius 3 is 2.58 bits per heavy atom. The van der Waals surface area contributed by atoms with Crippen LogP contribution in [0.15, 0.2) is 30.3 Å². The molecule has 2 amide bonds. The molecule has 0 aromatic heterocycles. The maximum Gasteiger partial charge on any atom is 0.228 e. The maximum atomic E-state index is 12.9. The van der Waals surface area contributed by atoms with Crippen molar-refractivity contribution >= 4 is 17.5 Å². The van der Waals surface area contributed by atoms with Crippen LogP contribution in [0.25, 0.3) is 0 Å². The van der Waals surface area contributed by atoms with Gasteiger partial charge < -0.3 is 14.5 Å². The molecule has 4 rings (SSSR count). The van der Waals surface area contributed by atoms with E-state index in [2.05, 4.69) is 4.90 Å². The summed E-state index contributed by atoms with van der Waals surface area (Å²) in [5.74, 6) is -0.0347. The van der Waals surface area contributed by atoms with Crippen LogP contribution in [0, 0.1) is 5.92 Å². The molecule has 6 nitrogen and oxygen atoms in total. The molecule has 0 radical (unpaired) electrons. The molecule has 3 heterocycles. The van der Waals surface area contributed by atoms with Gasteiger partial charge in [0.15, 0.2) is 0 Å². The molecule has 6 heteroatoms. The molecule has 140 valence electrons. The van der Waals surface area contributed by atoms with Gasteiger partial charge in [-0.2, -0.15) is 0 Å². The third-order valence-corrected chi connectivity index (χ3v) is 5.71. The van der Waals surface area contributed by atoms with E-state index in [1.807, 2.05) is 35.2 Å². The topological polar surface area (TPSA) is 53.1 Å². The van der Waals surface area contributed by atoms with Crippen LogP contribution < -0.4 is 4.90 Å². The predicted molar refractivity (Wildman–Crippen MR) is 98.9 cm³/mol. The molecular weight excluding hydrogens is 330 g/mol. The fourth-order valence-corrected chi connectivity index (χ4v) is 4.22. The van der Waals surface area contributed by atoms with E-state index in [0.717, 1.165) is 57.9 Å². The van der Waals surface area contributed by atoms with Crippen molar-refractivity contribution in [2.75, 3.05) is 50.8 Å². The summed E-state index contributed by atoms with van der Waals surface area (Å²) < 4.78 is 5.71. The van der Waals surface area contributed by atoms with Crippen LogP contribution in [0.2, 0.25) is 0 Å². The summed E-state index contributed by atoms with van der Waals surface area (Å²) in [4.78, 5) is 31.3. The molecule has 2 unspecified atom stereocenters. The SMILES string of the molecule is O=C(C1CC(=O)N(c2ccccc2)C1)N1CCN(CC2CCCO2)CC1. The molecule has 26 heavy (non-hydrogen) atoms. The number of nitrogens with zero attached hydrogens (tertiary/aromatic N) is 3. The molecule has 1 aromatic rings. The molecule has 3 fully saturated rings. The second-order valence-electron chi connectivity index (χ2n) is 7.50. The zero-order valence-corrected chi connectivity index (χ0v) is 15.2. The number of piperazine rings is 1. The number of amides is 2. The van der Waals surface area contributed by atoms with Gasteiger partial charge in [-0.25, -0.2) is 0 Å². The molecule has 0 spiro atoms. The number of hydrogen-bond donors (Lipinski definition) is 0. The van der Waals surface area contributed by atoms with E-state index in [1.54, 1.807) is 4.90 Å². The Labute approximate surface area is 154 Å². The number of benzene rings is 1. The van der Waals surface area contributed by atoms with Crippen LogP contribution >= 0.6 is 0 Å². The summed E-state index contributed by atoms with van der Waals surface area (Å²) in [5, 5.41) is 0. The average Bonchev–Trinajstić information content (AvgIpc) is 3.32. The van der Waals surface area contributed by atoms with Crippen molar-refractivity contribution in [3.8, 4) is 0 Å². The van der Waals surface area contributed by atoms with Gasteiger partial charge in [0, 0.05) is 58.0 Å². The zero-order chi connectivity index (χ0) is 17.9. The van der Waals surface area contributed by atoms with E-state index >= 15 is 0 Å². The third-order valence-electron chi connectivity index (χ3n) is 5.71. The van der Waals surface area contributed by atoms with Crippen molar-refractivity contribution in [1.82, 2.24) is 9.80 Å². The average molecular weight is 357 g/mol. The van der Waals surface area contributed by atoms with Crippen molar-refractivity contribution < 1.29 is 14.3 Å². The maximum absolute atomic E-state index is 12.9. The van der Waals surface area contributed by atoms with Crippen molar-refractivity contribution in [1.29, 1.82) is 0 Å². The lowest BCUT2D eigenvalue weighted by atomic mass is 10.1. The number of hydrogen-bond acceptors (Lipinski definition) is 4. The second-order valence-corrected chi connectivity index (χ2v) is 7.50. The van der Waals surface area contributed by atoms with Crippen LogP contribution in [-0.2, 0) is 14.3 Å². The van der Waals surface area contributed by atoms with Crippen molar-refractivity contribution in [3.63, 3.8) is 0 Å². The summed E-state index contributed by atoms with van der Waals surface area (Å²) in [6, 6.07) is 9.63. The van der Waals surface area contributed by atoms with Gasteiger partial charge in [-0.15, -0.1) is 0 Å². The van der Waals surface area contributed by atoms with E-state index in [1.165, 1.54) is 0 Å². The molecule has 0 N–H and O–H groups in total. The van der Waals surface area contributed by atoms with Crippen LogP contribution in [0.1, 0.15) is 19.3 Å². The lowest BCUT2D eigenvalue weighted by Gasteiger charge is -2.36. The highest BCUT2D eigenvalue weighted by molar-refractivity contribution is 6.00. The molecule has 3 saturated heterocycles. The van der Waals surface area contributed by atoms with Gasteiger partial charge in [0.25, 0.3) is 0 Å². The lowest BCUT2D eigenvalue weighted by molar-refractivity contribution is -0.137. The number of para-hydroxylation sites is 1. The van der Waals surface area contributed by atoms with Gasteiger partial charge in [0.05, 0.1) is 12.0 Å². The molecule has 3 aliphatic heterocycles. The van der Waals surface area contributed by atoms with Crippen molar-refractivity contribution in [2.24, 2.45) is 5.92 Å². The van der Waals surface area contributed by atoms with Gasteiger partial charge in [-0.05, 0) is 25.0 Å². The Bertz CT molecular complexity index is 637. The number of carbonyl (C=O) groups excluding carboxylic acids is 2. The first-order valence-electron chi connectivity index (χ1n) is 9.69. The number of anilines is 1. The second kappa shape index (κ2) is 7.76. The Balaban J connectivity index is 1.29. The quantitative estimate of drug-likeness (QED) is 0.817. The van der Waals surface area contributed by atoms with E-state index in [-0.39, 0.29) is 17.7 Å². The largest absolute Gasteiger partial charge is 0.377 e. The predicted octanol–water partition coefficient (Wildman–Crippen LogP) is 1.36. The smallest absolute Gasteiger partial charge is 0.228 e. The molecular formula is C20H27N3O3. The van der Waals surface area contributed by atoms with Crippen LogP contribution in [0.4, 0.5) is 5.69 Å². The monoisotopic (exact) mass is 357 g/mol. The van der Waals surface area contributed by atoms with Crippen molar-refractivity contribution in [3.05, 3.63) is 30.3 Å². The van der Waals surface area contributed by atoms with Gasteiger partial charge in [-0.3, -0.25) is 14.5 Å². The fraction of sp³-hybridized carbons (Fsp3) is 0.600. The van der Waals surface area contributed by atoms with E-state index in [4.69, 9.17) is 4.74 Å². The Kier molecular flexibility index (Phi) is 5.22. The normalized spacial score (nSPS) is 27.3. The summed E-state index contributed by atoms with van der Waals surface area (Å²) in [6.45, 7) is 5.66. The summed E-state index contributed by atoms with van der Waals surface area (Å²) >= 11 is 0. The summed E-state index contributed by atoms with van der Waals surface area (Å²) in [7, 11) is 0. The van der Waals surface area contributed by atoms with E-state index in [0.29, 0.717) is 19.1 Å². The molecule has 1 aromatic carbocycles. The minimum Gasteiger partial charge on any atom is -0.377 e. The van der Waals surface area contributed by atoms with Gasteiger partial charge in [-0.1, -0.05) is 18.2 Å². The van der Waals surface area contributed by atoms with Gasteiger partial charge in [0.1, 0.15) is 0 Å². The van der Waals surface area contributed by atoms with Crippen LogP contribution in [0.3, 0.4) is 0 Å². The lowest BCUT2D eigenvalue weighted by Crippen LogP contribution is -2.52. The highest BCUT2D eigenvalue weighted by Gasteiger charge is 2.38. The fourth-order valence-electron chi connectivity index (χ4n) is 4.22. The van der Waals surface area contributed by atoms with E-state index in [9.17, 15) is 9.59 Å². The molecule has 2 atom stereocenters. The molecule has 3 aliphatic rings. The summed E-state index contributed by atoms with van der Waals surface area (Å²) in [5.41, 5.74) is 0.884. The van der Waals surface area contributed by atoms with Crippen LogP contribution in [0.5, 0.6) is 0 Å². The van der Waals surface area contributed by atoms with Crippen LogP contribution in [-0.4, -0.2) is 73.6 Å². The highest BCUT2D eigenvalue weighted by Crippen LogP contribution is 2.26. The first-order valence-corrected chi connectivity index (χ1v) is 9.69. The summed E-state index contributed by atoms with van der Waals surface area (Å²) in [6.07, 6.45) is 3.00. The van der Waals surface area contributed by atoms with Gasteiger partial charge >= 0.3 is 0 Å². The minimum atomic E-state index is -0.215. The molecule has 0 aliphatic carbocycles. The minimum absolute atomic E-state index is 0.0477. The zero-order valence-electron chi connectivity index (χ0n) is 15.2. The van der Waals surface area contributed by atoms with Crippen molar-refractivity contribution in [2.45, 2.75) is 25.4 Å². The van der Waals surface area contributed by atoms with E-state index < -0.39 is 0 Å². The Morgan fingerprint density at radius 1 is 1.12 bits per heavy atom. The number of carbonyl (C=O) groups is 2. The highest BCUT2D eigenvalue weighted by atomic mass is 16.5. The third kappa shape index (κ3) is 3.76.